The normalized spacial score (nSPS) is 21.3. The number of nitrogens with zero attached hydrogens (tertiary/aromatic N) is 3. The summed E-state index contributed by atoms with van der Waals surface area (Å²) in [7, 11) is 1.77. The highest BCUT2D eigenvalue weighted by Crippen LogP contribution is 2.32. The predicted octanol–water partition coefficient (Wildman–Crippen LogP) is 2.00. The van der Waals surface area contributed by atoms with Crippen LogP contribution in [0, 0.1) is 12.8 Å². The topological polar surface area (TPSA) is 84.8 Å². The van der Waals surface area contributed by atoms with Crippen molar-refractivity contribution in [3.05, 3.63) is 34.4 Å². The summed E-state index contributed by atoms with van der Waals surface area (Å²) in [5.74, 6) is -0.0518. The van der Waals surface area contributed by atoms with Gasteiger partial charge in [-0.25, -0.2) is 0 Å². The third-order valence-corrected chi connectivity index (χ3v) is 4.75. The third kappa shape index (κ3) is 3.25. The van der Waals surface area contributed by atoms with Crippen molar-refractivity contribution >= 4 is 17.5 Å². The highest BCUT2D eigenvalue weighted by atomic mass is 35.5. The van der Waals surface area contributed by atoms with Gasteiger partial charge >= 0.3 is 0 Å². The van der Waals surface area contributed by atoms with Crippen LogP contribution in [0.5, 0.6) is 0 Å². The molecule has 2 aromatic rings. The Kier molecular flexibility index (Phi) is 4.68. The lowest BCUT2D eigenvalue weighted by Crippen LogP contribution is -2.35. The molecule has 1 fully saturated rings. The van der Waals surface area contributed by atoms with E-state index in [0.717, 1.165) is 30.7 Å². The Hall–Kier alpha value is -1.86. The maximum absolute atomic E-state index is 12.3. The van der Waals surface area contributed by atoms with E-state index < -0.39 is 0 Å². The number of H-pyrrole nitrogens is 1. The Morgan fingerprint density at radius 3 is 3.09 bits per heavy atom. The zero-order valence-corrected chi connectivity index (χ0v) is 13.9. The van der Waals surface area contributed by atoms with Gasteiger partial charge in [0.2, 0.25) is 0 Å². The van der Waals surface area contributed by atoms with Crippen molar-refractivity contribution in [3.63, 3.8) is 0 Å². The van der Waals surface area contributed by atoms with Crippen molar-refractivity contribution in [2.24, 2.45) is 13.0 Å². The first-order chi connectivity index (χ1) is 11.1. The second-order valence-electron chi connectivity index (χ2n) is 5.81. The van der Waals surface area contributed by atoms with Crippen molar-refractivity contribution in [2.75, 3.05) is 13.2 Å². The fourth-order valence-electron chi connectivity index (χ4n) is 2.87. The molecule has 1 amide bonds. The van der Waals surface area contributed by atoms with Crippen molar-refractivity contribution in [1.82, 2.24) is 25.3 Å². The number of nitrogens with one attached hydrogen (secondary N) is 2. The lowest BCUT2D eigenvalue weighted by molar-refractivity contribution is -0.0272. The van der Waals surface area contributed by atoms with E-state index in [1.54, 1.807) is 17.9 Å². The Labute approximate surface area is 139 Å². The molecule has 1 aliphatic rings. The molecule has 0 radical (unpaired) electrons. The van der Waals surface area contributed by atoms with Gasteiger partial charge in [0.05, 0.1) is 23.0 Å². The highest BCUT2D eigenvalue weighted by Gasteiger charge is 2.29. The van der Waals surface area contributed by atoms with Gasteiger partial charge in [0.1, 0.15) is 0 Å². The zero-order chi connectivity index (χ0) is 16.4. The zero-order valence-electron chi connectivity index (χ0n) is 13.2. The Morgan fingerprint density at radius 2 is 2.43 bits per heavy atom. The Morgan fingerprint density at radius 1 is 1.61 bits per heavy atom. The molecule has 1 aliphatic heterocycles. The van der Waals surface area contributed by atoms with Gasteiger partial charge in [-0.05, 0) is 19.8 Å². The minimum Gasteiger partial charge on any atom is -0.373 e. The van der Waals surface area contributed by atoms with Crippen molar-refractivity contribution < 1.29 is 9.53 Å². The fraction of sp³-hybridized carbons (Fsp3) is 0.533. The van der Waals surface area contributed by atoms with Gasteiger partial charge in [0.25, 0.3) is 5.91 Å². The van der Waals surface area contributed by atoms with E-state index in [1.165, 1.54) is 0 Å². The summed E-state index contributed by atoms with van der Waals surface area (Å²) in [6.07, 6.45) is 5.53. The van der Waals surface area contributed by atoms with Crippen LogP contribution < -0.4 is 5.32 Å². The first kappa shape index (κ1) is 16.0. The first-order valence-electron chi connectivity index (χ1n) is 7.65. The van der Waals surface area contributed by atoms with Gasteiger partial charge in [-0.1, -0.05) is 11.6 Å². The Balaban J connectivity index is 1.66. The van der Waals surface area contributed by atoms with E-state index >= 15 is 0 Å². The van der Waals surface area contributed by atoms with E-state index in [-0.39, 0.29) is 23.6 Å². The number of halogens is 1. The summed E-state index contributed by atoms with van der Waals surface area (Å²) in [4.78, 5) is 12.3. The number of aryl methyl sites for hydroxylation is 1. The minimum absolute atomic E-state index is 0.0521. The average molecular weight is 338 g/mol. The maximum atomic E-state index is 12.3. The van der Waals surface area contributed by atoms with Gasteiger partial charge in [0, 0.05) is 37.9 Å². The second-order valence-corrected chi connectivity index (χ2v) is 6.18. The number of hydrogen-bond donors (Lipinski definition) is 2. The predicted molar refractivity (Wildman–Crippen MR) is 85.3 cm³/mol. The van der Waals surface area contributed by atoms with Crippen LogP contribution in [-0.4, -0.2) is 39.0 Å². The number of ether oxygens (including phenoxy) is 1. The van der Waals surface area contributed by atoms with Gasteiger partial charge in [0.15, 0.2) is 5.69 Å². The monoisotopic (exact) mass is 337 g/mol. The van der Waals surface area contributed by atoms with Crippen LogP contribution in [0.3, 0.4) is 0 Å². The summed E-state index contributed by atoms with van der Waals surface area (Å²) in [6, 6.07) is 0. The molecule has 0 aliphatic carbocycles. The molecule has 2 aromatic heterocycles. The van der Waals surface area contributed by atoms with Crippen LogP contribution >= 0.6 is 11.6 Å². The van der Waals surface area contributed by atoms with Crippen LogP contribution in [0.4, 0.5) is 0 Å². The van der Waals surface area contributed by atoms with Crippen LogP contribution in [0.2, 0.25) is 5.02 Å². The maximum Gasteiger partial charge on any atom is 0.273 e. The molecular formula is C15H20ClN5O2. The van der Waals surface area contributed by atoms with Gasteiger partial charge < -0.3 is 10.1 Å². The van der Waals surface area contributed by atoms with E-state index in [2.05, 4.69) is 20.6 Å². The van der Waals surface area contributed by atoms with Crippen LogP contribution in [0.1, 0.15) is 40.7 Å². The van der Waals surface area contributed by atoms with E-state index in [9.17, 15) is 4.79 Å². The molecule has 2 atom stereocenters. The average Bonchev–Trinajstić information content (AvgIpc) is 3.18. The fourth-order valence-corrected chi connectivity index (χ4v) is 3.12. The third-order valence-electron chi connectivity index (χ3n) is 4.29. The number of rotatable bonds is 4. The standard InChI is InChI=1S/C15H20ClN5O2/c1-9-12(16)13(20-21(9)2)15(22)17-6-10-4-3-5-23-14(10)11-7-18-19-8-11/h7-8,10,14H,3-6H2,1-2H3,(H,17,22)(H,18,19)/t10-,14+/m0/s1. The van der Waals surface area contributed by atoms with E-state index in [0.29, 0.717) is 11.6 Å². The summed E-state index contributed by atoms with van der Waals surface area (Å²) >= 11 is 6.16. The molecule has 0 saturated carbocycles. The number of carbonyl (C=O) groups is 1. The molecule has 0 bridgehead atoms. The van der Waals surface area contributed by atoms with Crippen molar-refractivity contribution in [2.45, 2.75) is 25.9 Å². The van der Waals surface area contributed by atoms with Crippen molar-refractivity contribution in [3.8, 4) is 0 Å². The summed E-state index contributed by atoms with van der Waals surface area (Å²) in [6.45, 7) is 3.07. The highest BCUT2D eigenvalue weighted by molar-refractivity contribution is 6.34. The largest absolute Gasteiger partial charge is 0.373 e. The second kappa shape index (κ2) is 6.72. The lowest BCUT2D eigenvalue weighted by Gasteiger charge is -2.31. The molecule has 3 rings (SSSR count). The molecule has 124 valence electrons. The number of aromatic amines is 1. The summed E-state index contributed by atoms with van der Waals surface area (Å²) in [5.41, 5.74) is 2.05. The van der Waals surface area contributed by atoms with Crippen LogP contribution in [-0.2, 0) is 11.8 Å². The molecule has 0 aromatic carbocycles. The van der Waals surface area contributed by atoms with Crippen LogP contribution in [0.15, 0.2) is 12.4 Å². The molecule has 3 heterocycles. The lowest BCUT2D eigenvalue weighted by atomic mass is 9.91. The number of hydrogen-bond acceptors (Lipinski definition) is 4. The number of aromatic nitrogens is 4. The van der Waals surface area contributed by atoms with Gasteiger partial charge in [-0.3, -0.25) is 14.6 Å². The first-order valence-corrected chi connectivity index (χ1v) is 8.03. The number of carbonyl (C=O) groups excluding carboxylic acids is 1. The SMILES string of the molecule is Cc1c(Cl)c(C(=O)NC[C@@H]2CCCO[C@H]2c2cn[nH]c2)nn1C. The van der Waals surface area contributed by atoms with Crippen molar-refractivity contribution in [1.29, 1.82) is 0 Å². The molecule has 1 saturated heterocycles. The summed E-state index contributed by atoms with van der Waals surface area (Å²) in [5, 5.41) is 14.3. The molecule has 2 N–H and O–H groups in total. The molecular weight excluding hydrogens is 318 g/mol. The minimum atomic E-state index is -0.254. The quantitative estimate of drug-likeness (QED) is 0.893. The van der Waals surface area contributed by atoms with Gasteiger partial charge in [-0.15, -0.1) is 0 Å². The Bertz CT molecular complexity index is 682. The molecule has 8 heteroatoms. The van der Waals surface area contributed by atoms with E-state index in [4.69, 9.17) is 16.3 Å². The smallest absolute Gasteiger partial charge is 0.273 e. The summed E-state index contributed by atoms with van der Waals surface area (Å²) < 4.78 is 7.47. The van der Waals surface area contributed by atoms with E-state index in [1.807, 2.05) is 13.1 Å². The molecule has 7 nitrogen and oxygen atoms in total. The van der Waals surface area contributed by atoms with Gasteiger partial charge in [-0.2, -0.15) is 10.2 Å². The molecule has 23 heavy (non-hydrogen) atoms. The van der Waals surface area contributed by atoms with Crippen LogP contribution in [0.25, 0.3) is 0 Å². The molecule has 0 spiro atoms. The molecule has 0 unspecified atom stereocenters. The number of amides is 1.